The average Bonchev–Trinajstić information content (AvgIpc) is 3.55. The second-order valence-corrected chi connectivity index (χ2v) is 11.1. The first-order valence-electron chi connectivity index (χ1n) is 13.2. The van der Waals surface area contributed by atoms with Crippen molar-refractivity contribution in [3.63, 3.8) is 0 Å². The SMILES string of the molecule is COc1ccc(Sc2nc(N)nc3c2ncn3CC2(OC(COC(=O)OC(C)C)COC(=O)OC(C)C)CC2)cc1. The minimum absolute atomic E-state index is 0.119. The molecule has 222 valence electrons. The van der Waals surface area contributed by atoms with Gasteiger partial charge in [-0.15, -0.1) is 0 Å². The third-order valence-electron chi connectivity index (χ3n) is 5.84. The monoisotopic (exact) mass is 589 g/mol. The number of ether oxygens (including phenoxy) is 6. The van der Waals surface area contributed by atoms with Crippen LogP contribution in [0.4, 0.5) is 15.5 Å². The zero-order valence-electron chi connectivity index (χ0n) is 23.7. The fourth-order valence-electron chi connectivity index (χ4n) is 3.88. The summed E-state index contributed by atoms with van der Waals surface area (Å²) in [5.74, 6) is 0.872. The second kappa shape index (κ2) is 13.3. The Hall–Kier alpha value is -3.78. The summed E-state index contributed by atoms with van der Waals surface area (Å²) in [5.41, 5.74) is 6.62. The van der Waals surface area contributed by atoms with Crippen molar-refractivity contribution in [3.8, 4) is 5.75 Å². The van der Waals surface area contributed by atoms with Crippen LogP contribution in [-0.4, -0.2) is 76.1 Å². The summed E-state index contributed by atoms with van der Waals surface area (Å²) < 4.78 is 34.0. The molecule has 13 nitrogen and oxygen atoms in total. The van der Waals surface area contributed by atoms with E-state index in [0.29, 0.717) is 22.7 Å². The Balaban J connectivity index is 1.48. The normalized spacial score (nSPS) is 14.0. The van der Waals surface area contributed by atoms with Gasteiger partial charge >= 0.3 is 12.3 Å². The number of benzene rings is 1. The van der Waals surface area contributed by atoms with E-state index in [-0.39, 0.29) is 31.4 Å². The first-order chi connectivity index (χ1) is 19.6. The molecule has 0 saturated heterocycles. The first kappa shape index (κ1) is 30.2. The number of nitrogen functional groups attached to an aromatic ring is 1. The van der Waals surface area contributed by atoms with Gasteiger partial charge in [0.2, 0.25) is 5.95 Å². The molecule has 2 N–H and O–H groups in total. The molecule has 4 rings (SSSR count). The maximum absolute atomic E-state index is 12.0. The smallest absolute Gasteiger partial charge is 0.497 e. The highest BCUT2D eigenvalue weighted by Gasteiger charge is 2.47. The summed E-state index contributed by atoms with van der Waals surface area (Å²) in [6.07, 6.45) is 0.0100. The molecule has 0 amide bonds. The lowest BCUT2D eigenvalue weighted by Gasteiger charge is -2.25. The van der Waals surface area contributed by atoms with Gasteiger partial charge in [-0.2, -0.15) is 4.98 Å². The van der Waals surface area contributed by atoms with E-state index in [1.807, 2.05) is 28.8 Å². The molecule has 2 heterocycles. The van der Waals surface area contributed by atoms with Gasteiger partial charge in [0.25, 0.3) is 0 Å². The van der Waals surface area contributed by atoms with Crippen LogP contribution in [0.25, 0.3) is 11.2 Å². The standard InChI is InChI=1S/C27H35N5O8S/c1-16(2)38-25(33)36-12-19(13-37-26(34)39-17(3)4)40-27(10-11-27)14-32-15-29-21-22(32)30-24(28)31-23(21)41-20-8-6-18(35-5)7-9-20/h6-9,15-17,19H,10-14H2,1-5H3,(H2,28,30,31). The highest BCUT2D eigenvalue weighted by atomic mass is 32.2. The van der Waals surface area contributed by atoms with Gasteiger partial charge in [-0.1, -0.05) is 11.8 Å². The molecule has 0 atom stereocenters. The van der Waals surface area contributed by atoms with Gasteiger partial charge in [0.15, 0.2) is 5.65 Å². The minimum Gasteiger partial charge on any atom is -0.497 e. The molecule has 0 unspecified atom stereocenters. The van der Waals surface area contributed by atoms with Crippen LogP contribution in [0.3, 0.4) is 0 Å². The van der Waals surface area contributed by atoms with E-state index in [4.69, 9.17) is 34.2 Å². The molecule has 0 aliphatic heterocycles. The maximum Gasteiger partial charge on any atom is 0.508 e. The Bertz CT molecular complexity index is 1320. The highest BCUT2D eigenvalue weighted by Crippen LogP contribution is 2.43. The largest absolute Gasteiger partial charge is 0.508 e. The Labute approximate surface area is 242 Å². The number of rotatable bonds is 13. The number of fused-ring (bicyclic) bond motifs is 1. The van der Waals surface area contributed by atoms with E-state index >= 15 is 0 Å². The number of nitrogens with two attached hydrogens (primary N) is 1. The fourth-order valence-corrected chi connectivity index (χ4v) is 4.76. The van der Waals surface area contributed by atoms with Crippen LogP contribution in [0.15, 0.2) is 40.5 Å². The Kier molecular flexibility index (Phi) is 9.76. The van der Waals surface area contributed by atoms with Crippen molar-refractivity contribution in [1.29, 1.82) is 0 Å². The van der Waals surface area contributed by atoms with Crippen LogP contribution in [0.1, 0.15) is 40.5 Å². The Morgan fingerprint density at radius 2 is 1.61 bits per heavy atom. The van der Waals surface area contributed by atoms with Crippen LogP contribution in [0.2, 0.25) is 0 Å². The van der Waals surface area contributed by atoms with Crippen molar-refractivity contribution in [2.75, 3.05) is 26.1 Å². The molecule has 0 spiro atoms. The van der Waals surface area contributed by atoms with E-state index in [0.717, 1.165) is 23.5 Å². The van der Waals surface area contributed by atoms with Crippen LogP contribution in [0.5, 0.6) is 5.75 Å². The summed E-state index contributed by atoms with van der Waals surface area (Å²) in [6, 6.07) is 7.59. The molecular formula is C27H35N5O8S. The predicted octanol–water partition coefficient (Wildman–Crippen LogP) is 4.61. The van der Waals surface area contributed by atoms with Crippen LogP contribution in [0, 0.1) is 0 Å². The summed E-state index contributed by atoms with van der Waals surface area (Å²) in [7, 11) is 1.61. The molecule has 1 saturated carbocycles. The van der Waals surface area contributed by atoms with Crippen LogP contribution in [-0.2, 0) is 30.2 Å². The van der Waals surface area contributed by atoms with Gasteiger partial charge in [0.05, 0.1) is 37.8 Å². The van der Waals surface area contributed by atoms with Crippen molar-refractivity contribution >= 4 is 41.2 Å². The van der Waals surface area contributed by atoms with E-state index in [1.54, 1.807) is 41.1 Å². The third-order valence-corrected chi connectivity index (χ3v) is 6.83. The van der Waals surface area contributed by atoms with Gasteiger partial charge in [0.1, 0.15) is 35.6 Å². The van der Waals surface area contributed by atoms with Crippen molar-refractivity contribution in [1.82, 2.24) is 19.5 Å². The van der Waals surface area contributed by atoms with E-state index < -0.39 is 24.0 Å². The highest BCUT2D eigenvalue weighted by molar-refractivity contribution is 7.99. The quantitative estimate of drug-likeness (QED) is 0.218. The van der Waals surface area contributed by atoms with E-state index in [9.17, 15) is 9.59 Å². The lowest BCUT2D eigenvalue weighted by Crippen LogP contribution is -2.36. The van der Waals surface area contributed by atoms with Crippen molar-refractivity contribution in [2.45, 2.75) is 80.9 Å². The number of anilines is 1. The second-order valence-electron chi connectivity index (χ2n) is 10.1. The number of carbonyl (C=O) groups excluding carboxylic acids is 2. The fraction of sp³-hybridized carbons (Fsp3) is 0.519. The number of aromatic nitrogens is 4. The predicted molar refractivity (Wildman–Crippen MR) is 149 cm³/mol. The molecule has 1 aromatic carbocycles. The van der Waals surface area contributed by atoms with Crippen LogP contribution >= 0.6 is 11.8 Å². The van der Waals surface area contributed by atoms with Gasteiger partial charge in [-0.25, -0.2) is 19.6 Å². The molecule has 1 fully saturated rings. The topological polar surface area (TPSA) is 159 Å². The zero-order valence-corrected chi connectivity index (χ0v) is 24.5. The minimum atomic E-state index is -0.835. The number of carbonyl (C=O) groups is 2. The first-order valence-corrected chi connectivity index (χ1v) is 14.0. The Morgan fingerprint density at radius 3 is 2.15 bits per heavy atom. The maximum atomic E-state index is 12.0. The third kappa shape index (κ3) is 8.60. The summed E-state index contributed by atoms with van der Waals surface area (Å²) in [6.45, 7) is 6.90. The molecule has 0 bridgehead atoms. The molecule has 3 aromatic rings. The van der Waals surface area contributed by atoms with E-state index in [2.05, 4.69) is 15.0 Å². The molecule has 14 heteroatoms. The number of imidazole rings is 1. The van der Waals surface area contributed by atoms with Gasteiger partial charge in [-0.3, -0.25) is 0 Å². The lowest BCUT2D eigenvalue weighted by atomic mass is 10.3. The van der Waals surface area contributed by atoms with Gasteiger partial charge in [-0.05, 0) is 64.8 Å². The summed E-state index contributed by atoms with van der Waals surface area (Å²) >= 11 is 1.42. The molecule has 1 aliphatic carbocycles. The van der Waals surface area contributed by atoms with Gasteiger partial charge < -0.3 is 38.7 Å². The summed E-state index contributed by atoms with van der Waals surface area (Å²) in [4.78, 5) is 38.3. The molecule has 41 heavy (non-hydrogen) atoms. The van der Waals surface area contributed by atoms with Crippen molar-refractivity contribution < 1.29 is 38.0 Å². The van der Waals surface area contributed by atoms with Crippen LogP contribution < -0.4 is 10.5 Å². The van der Waals surface area contributed by atoms with Crippen molar-refractivity contribution in [3.05, 3.63) is 30.6 Å². The molecule has 1 aliphatic rings. The van der Waals surface area contributed by atoms with Crippen molar-refractivity contribution in [2.24, 2.45) is 0 Å². The molecule has 0 radical (unpaired) electrons. The number of methoxy groups -OCH3 is 1. The number of hydrogen-bond acceptors (Lipinski definition) is 13. The van der Waals surface area contributed by atoms with E-state index in [1.165, 1.54) is 11.8 Å². The lowest BCUT2D eigenvalue weighted by molar-refractivity contribution is -0.0991. The van der Waals surface area contributed by atoms with Gasteiger partial charge in [0, 0.05) is 4.90 Å². The zero-order chi connectivity index (χ0) is 29.6. The number of hydrogen-bond donors (Lipinski definition) is 1. The molecule has 2 aromatic heterocycles. The summed E-state index contributed by atoms with van der Waals surface area (Å²) in [5, 5.41) is 0.620. The average molecular weight is 590 g/mol. The number of nitrogens with zero attached hydrogens (tertiary/aromatic N) is 4. The Morgan fingerprint density at radius 1 is 1.00 bits per heavy atom. The molecular weight excluding hydrogens is 554 g/mol.